The molecule has 0 spiro atoms. The van der Waals surface area contributed by atoms with E-state index in [2.05, 4.69) is 13.5 Å². The number of hydrogen-bond acceptors (Lipinski definition) is 5. The summed E-state index contributed by atoms with van der Waals surface area (Å²) in [6, 6.07) is 5.62. The molecule has 18 heavy (non-hydrogen) atoms. The zero-order valence-corrected chi connectivity index (χ0v) is 11.5. The fraction of sp³-hybridized carbons (Fsp3) is 0.455. The van der Waals surface area contributed by atoms with E-state index >= 15 is 0 Å². The number of fused-ring (bicyclic) bond motifs is 1. The summed E-state index contributed by atoms with van der Waals surface area (Å²) in [5, 5.41) is 0. The largest absolute Gasteiger partial charge is 0.217 e. The molecule has 0 bridgehead atoms. The van der Waals surface area contributed by atoms with Crippen LogP contribution in [0.5, 0.6) is 0 Å². The second-order valence-electron chi connectivity index (χ2n) is 4.82. The van der Waals surface area contributed by atoms with Crippen molar-refractivity contribution in [3.05, 3.63) is 23.8 Å². The highest BCUT2D eigenvalue weighted by Crippen LogP contribution is 2.42. The Kier molecular flexibility index (Phi) is 2.65. The lowest BCUT2D eigenvalue weighted by atomic mass is 10.2. The molecule has 1 heterocycles. The molecular weight excluding hydrogens is 270 g/mol. The Morgan fingerprint density at radius 2 is 2.17 bits per heavy atom. The number of sulfonamides is 1. The molecule has 1 aromatic heterocycles. The maximum Gasteiger partial charge on any atom is 0.217 e. The van der Waals surface area contributed by atoms with E-state index in [0.717, 1.165) is 41.2 Å². The quantitative estimate of drug-likeness (QED) is 0.926. The molecule has 0 saturated heterocycles. The minimum Gasteiger partial charge on any atom is -0.212 e. The summed E-state index contributed by atoms with van der Waals surface area (Å²) in [4.78, 5) is 0. The van der Waals surface area contributed by atoms with Crippen molar-refractivity contribution in [2.75, 3.05) is 0 Å². The number of aromatic nitrogens is 2. The van der Waals surface area contributed by atoms with Gasteiger partial charge in [0.1, 0.15) is 11.0 Å². The highest BCUT2D eigenvalue weighted by atomic mass is 32.2. The van der Waals surface area contributed by atoms with E-state index in [-0.39, 0.29) is 6.54 Å². The first-order valence-corrected chi connectivity index (χ1v) is 7.93. The predicted octanol–water partition coefficient (Wildman–Crippen LogP) is 1.66. The van der Waals surface area contributed by atoms with Gasteiger partial charge >= 0.3 is 0 Å². The molecule has 1 N–H and O–H groups in total. The molecule has 1 aliphatic carbocycles. The van der Waals surface area contributed by atoms with Crippen LogP contribution in [0.4, 0.5) is 0 Å². The van der Waals surface area contributed by atoms with Crippen LogP contribution < -0.4 is 4.72 Å². The predicted molar refractivity (Wildman–Crippen MR) is 70.8 cm³/mol. The molecular formula is C11H13N3O2S2. The van der Waals surface area contributed by atoms with Gasteiger partial charge in [-0.15, -0.1) is 0 Å². The van der Waals surface area contributed by atoms with Crippen molar-refractivity contribution in [2.45, 2.75) is 31.1 Å². The fourth-order valence-electron chi connectivity index (χ4n) is 1.80. The van der Waals surface area contributed by atoms with Crippen molar-refractivity contribution in [3.8, 4) is 0 Å². The highest BCUT2D eigenvalue weighted by molar-refractivity contribution is 7.91. The molecule has 0 unspecified atom stereocenters. The van der Waals surface area contributed by atoms with Crippen molar-refractivity contribution in [3.63, 3.8) is 0 Å². The Morgan fingerprint density at radius 1 is 1.39 bits per heavy atom. The molecule has 0 radical (unpaired) electrons. The maximum absolute atomic E-state index is 12.0. The first-order chi connectivity index (χ1) is 8.52. The molecule has 0 aliphatic heterocycles. The SMILES string of the molecule is CC1(S(=O)(=O)NCc2cccc3nsnc23)CC1. The third kappa shape index (κ3) is 1.92. The van der Waals surface area contributed by atoms with Crippen molar-refractivity contribution in [2.24, 2.45) is 0 Å². The van der Waals surface area contributed by atoms with Crippen LogP contribution in [0.25, 0.3) is 11.0 Å². The Bertz CT molecular complexity index is 689. The Balaban J connectivity index is 1.83. The molecule has 0 amide bonds. The second kappa shape index (κ2) is 3.97. The number of nitrogens with one attached hydrogen (secondary N) is 1. The average Bonchev–Trinajstić information content (AvgIpc) is 2.93. The van der Waals surface area contributed by atoms with Crippen LogP contribution in [-0.4, -0.2) is 21.9 Å². The monoisotopic (exact) mass is 283 g/mol. The van der Waals surface area contributed by atoms with Crippen molar-refractivity contribution in [1.29, 1.82) is 0 Å². The average molecular weight is 283 g/mol. The van der Waals surface area contributed by atoms with Crippen LogP contribution in [0.3, 0.4) is 0 Å². The van der Waals surface area contributed by atoms with E-state index in [0.29, 0.717) is 0 Å². The van der Waals surface area contributed by atoms with Gasteiger partial charge in [0.05, 0.1) is 16.5 Å². The first-order valence-electron chi connectivity index (χ1n) is 5.71. The third-order valence-corrected chi connectivity index (χ3v) is 6.20. The molecule has 2 aromatic rings. The number of nitrogens with zero attached hydrogens (tertiary/aromatic N) is 2. The lowest BCUT2D eigenvalue weighted by Gasteiger charge is -2.11. The molecule has 1 saturated carbocycles. The third-order valence-electron chi connectivity index (χ3n) is 3.43. The van der Waals surface area contributed by atoms with Gasteiger partial charge in [-0.2, -0.15) is 8.75 Å². The zero-order valence-electron chi connectivity index (χ0n) is 9.88. The Hall–Kier alpha value is -1.05. The summed E-state index contributed by atoms with van der Waals surface area (Å²) < 4.78 is 34.5. The summed E-state index contributed by atoms with van der Waals surface area (Å²) in [5.41, 5.74) is 2.47. The van der Waals surface area contributed by atoms with E-state index in [1.54, 1.807) is 6.92 Å². The minimum absolute atomic E-state index is 0.278. The van der Waals surface area contributed by atoms with Crippen molar-refractivity contribution < 1.29 is 8.42 Å². The van der Waals surface area contributed by atoms with Crippen LogP contribution in [0.1, 0.15) is 25.3 Å². The minimum atomic E-state index is -3.23. The molecule has 3 rings (SSSR count). The summed E-state index contributed by atoms with van der Waals surface area (Å²) in [6.45, 7) is 2.06. The highest BCUT2D eigenvalue weighted by Gasteiger charge is 2.49. The molecule has 7 heteroatoms. The topological polar surface area (TPSA) is 72.0 Å². The normalized spacial score (nSPS) is 18.1. The van der Waals surface area contributed by atoms with E-state index in [1.807, 2.05) is 18.2 Å². The molecule has 5 nitrogen and oxygen atoms in total. The van der Waals surface area contributed by atoms with Gasteiger partial charge in [-0.05, 0) is 31.4 Å². The fourth-order valence-corrected chi connectivity index (χ4v) is 3.70. The van der Waals surface area contributed by atoms with Crippen LogP contribution in [0, 0.1) is 0 Å². The summed E-state index contributed by atoms with van der Waals surface area (Å²) in [6.07, 6.45) is 1.48. The Labute approximate surface area is 110 Å². The summed E-state index contributed by atoms with van der Waals surface area (Å²) >= 11 is 1.14. The molecule has 1 aliphatic rings. The maximum atomic E-state index is 12.0. The smallest absolute Gasteiger partial charge is 0.212 e. The number of benzene rings is 1. The summed E-state index contributed by atoms with van der Waals surface area (Å²) in [7, 11) is -3.23. The zero-order chi connectivity index (χ0) is 12.8. The van der Waals surface area contributed by atoms with Gasteiger partial charge in [0.2, 0.25) is 10.0 Å². The van der Waals surface area contributed by atoms with Gasteiger partial charge < -0.3 is 0 Å². The van der Waals surface area contributed by atoms with Gasteiger partial charge in [0, 0.05) is 6.54 Å². The van der Waals surface area contributed by atoms with Crippen molar-refractivity contribution in [1.82, 2.24) is 13.5 Å². The second-order valence-corrected chi connectivity index (χ2v) is 7.63. The van der Waals surface area contributed by atoms with Crippen LogP contribution in [0.2, 0.25) is 0 Å². The van der Waals surface area contributed by atoms with E-state index in [4.69, 9.17) is 0 Å². The Morgan fingerprint density at radius 3 is 2.89 bits per heavy atom. The van der Waals surface area contributed by atoms with Crippen LogP contribution >= 0.6 is 11.7 Å². The van der Waals surface area contributed by atoms with Gasteiger partial charge in [-0.25, -0.2) is 13.1 Å². The first kappa shape index (κ1) is 12.0. The van der Waals surface area contributed by atoms with Gasteiger partial charge in [0.15, 0.2) is 0 Å². The summed E-state index contributed by atoms with van der Waals surface area (Å²) in [5.74, 6) is 0. The molecule has 1 fully saturated rings. The molecule has 1 aromatic carbocycles. The lowest BCUT2D eigenvalue weighted by Crippen LogP contribution is -2.33. The van der Waals surface area contributed by atoms with E-state index < -0.39 is 14.8 Å². The standard InChI is InChI=1S/C11H13N3O2S2/c1-11(5-6-11)18(15,16)12-7-8-3-2-4-9-10(8)14-17-13-9/h2-4,12H,5-7H2,1H3. The van der Waals surface area contributed by atoms with Crippen molar-refractivity contribution >= 4 is 32.8 Å². The lowest BCUT2D eigenvalue weighted by molar-refractivity contribution is 0.566. The van der Waals surface area contributed by atoms with Gasteiger partial charge in [-0.1, -0.05) is 12.1 Å². The number of rotatable bonds is 4. The molecule has 96 valence electrons. The van der Waals surface area contributed by atoms with Gasteiger partial charge in [-0.3, -0.25) is 0 Å². The van der Waals surface area contributed by atoms with Gasteiger partial charge in [0.25, 0.3) is 0 Å². The van der Waals surface area contributed by atoms with Crippen LogP contribution in [-0.2, 0) is 16.6 Å². The van der Waals surface area contributed by atoms with Crippen LogP contribution in [0.15, 0.2) is 18.2 Å². The van der Waals surface area contributed by atoms with E-state index in [1.165, 1.54) is 0 Å². The molecule has 0 atom stereocenters. The number of hydrogen-bond donors (Lipinski definition) is 1. The van der Waals surface area contributed by atoms with E-state index in [9.17, 15) is 8.42 Å².